The minimum absolute atomic E-state index is 0.136. The van der Waals surface area contributed by atoms with Gasteiger partial charge in [0.25, 0.3) is 0 Å². The zero-order valence-corrected chi connectivity index (χ0v) is 7.52. The van der Waals surface area contributed by atoms with Crippen molar-refractivity contribution in [2.24, 2.45) is 5.41 Å². The predicted octanol–water partition coefficient (Wildman–Crippen LogP) is 0.795. The highest BCUT2D eigenvalue weighted by atomic mass is 16.5. The van der Waals surface area contributed by atoms with Gasteiger partial charge in [-0.2, -0.15) is 0 Å². The molecule has 0 unspecified atom stereocenters. The second kappa shape index (κ2) is 5.13. The van der Waals surface area contributed by atoms with Gasteiger partial charge in [-0.25, -0.2) is 0 Å². The lowest BCUT2D eigenvalue weighted by Crippen LogP contribution is -2.29. The van der Waals surface area contributed by atoms with Gasteiger partial charge in [-0.1, -0.05) is 13.8 Å². The van der Waals surface area contributed by atoms with Gasteiger partial charge < -0.3 is 10.1 Å². The lowest BCUT2D eigenvalue weighted by atomic mass is 9.90. The lowest BCUT2D eigenvalue weighted by molar-refractivity contribution is -0.110. The second-order valence-corrected chi connectivity index (χ2v) is 3.41. The van der Waals surface area contributed by atoms with Crippen LogP contribution in [-0.2, 0) is 9.53 Å². The summed E-state index contributed by atoms with van der Waals surface area (Å²) in [5.74, 6) is 0. The normalized spacial score (nSPS) is 11.2. The molecule has 3 heteroatoms. The number of methoxy groups -OCH3 is 1. The van der Waals surface area contributed by atoms with Gasteiger partial charge in [0.2, 0.25) is 6.41 Å². The van der Waals surface area contributed by atoms with Crippen molar-refractivity contribution < 1.29 is 9.53 Å². The average molecular weight is 159 g/mol. The molecule has 0 fully saturated rings. The molecule has 0 spiro atoms. The zero-order chi connectivity index (χ0) is 8.74. The van der Waals surface area contributed by atoms with Crippen LogP contribution in [0.15, 0.2) is 0 Å². The van der Waals surface area contributed by atoms with Crippen LogP contribution in [-0.4, -0.2) is 26.7 Å². The Morgan fingerprint density at radius 1 is 1.55 bits per heavy atom. The maximum atomic E-state index is 9.98. The van der Waals surface area contributed by atoms with Crippen LogP contribution in [0.3, 0.4) is 0 Å². The molecule has 0 saturated carbocycles. The largest absolute Gasteiger partial charge is 0.385 e. The Morgan fingerprint density at radius 3 is 2.64 bits per heavy atom. The number of carbonyl (C=O) groups is 1. The van der Waals surface area contributed by atoms with Crippen LogP contribution in [0.25, 0.3) is 0 Å². The molecule has 0 atom stereocenters. The predicted molar refractivity (Wildman–Crippen MR) is 44.3 cm³/mol. The Bertz CT molecular complexity index is 113. The van der Waals surface area contributed by atoms with E-state index in [-0.39, 0.29) is 5.41 Å². The SMILES string of the molecule is COCCC(C)(C)CNC=O. The van der Waals surface area contributed by atoms with Crippen molar-refractivity contribution in [1.82, 2.24) is 5.32 Å². The van der Waals surface area contributed by atoms with E-state index in [9.17, 15) is 4.79 Å². The van der Waals surface area contributed by atoms with Crippen molar-refractivity contribution in [2.45, 2.75) is 20.3 Å². The Kier molecular flexibility index (Phi) is 4.86. The molecule has 0 aliphatic heterocycles. The number of amides is 1. The first-order chi connectivity index (χ1) is 5.12. The quantitative estimate of drug-likeness (QED) is 0.582. The van der Waals surface area contributed by atoms with Crippen LogP contribution in [0.5, 0.6) is 0 Å². The monoisotopic (exact) mass is 159 g/mol. The molecule has 0 aliphatic carbocycles. The molecule has 11 heavy (non-hydrogen) atoms. The summed E-state index contributed by atoms with van der Waals surface area (Å²) in [5, 5.41) is 2.66. The molecular formula is C8H17NO2. The summed E-state index contributed by atoms with van der Waals surface area (Å²) in [7, 11) is 1.68. The van der Waals surface area contributed by atoms with Gasteiger partial charge in [-0.05, 0) is 11.8 Å². The number of ether oxygens (including phenoxy) is 1. The first kappa shape index (κ1) is 10.4. The molecule has 0 bridgehead atoms. The number of carbonyl (C=O) groups excluding carboxylic acids is 1. The summed E-state index contributed by atoms with van der Waals surface area (Å²) in [4.78, 5) is 9.98. The fourth-order valence-corrected chi connectivity index (χ4v) is 0.785. The number of rotatable bonds is 6. The van der Waals surface area contributed by atoms with Gasteiger partial charge in [0.05, 0.1) is 0 Å². The highest BCUT2D eigenvalue weighted by Gasteiger charge is 2.16. The van der Waals surface area contributed by atoms with Crippen LogP contribution >= 0.6 is 0 Å². The fraction of sp³-hybridized carbons (Fsp3) is 0.875. The van der Waals surface area contributed by atoms with E-state index in [1.807, 2.05) is 0 Å². The number of nitrogens with one attached hydrogen (secondary N) is 1. The maximum Gasteiger partial charge on any atom is 0.207 e. The van der Waals surface area contributed by atoms with Crippen LogP contribution in [0.4, 0.5) is 0 Å². The van der Waals surface area contributed by atoms with Crippen molar-refractivity contribution in [3.8, 4) is 0 Å². The van der Waals surface area contributed by atoms with Crippen molar-refractivity contribution in [3.63, 3.8) is 0 Å². The van der Waals surface area contributed by atoms with Gasteiger partial charge in [0.1, 0.15) is 0 Å². The first-order valence-electron chi connectivity index (χ1n) is 3.78. The highest BCUT2D eigenvalue weighted by molar-refractivity contribution is 5.45. The zero-order valence-electron chi connectivity index (χ0n) is 7.52. The van der Waals surface area contributed by atoms with Crippen molar-refractivity contribution in [1.29, 1.82) is 0 Å². The summed E-state index contributed by atoms with van der Waals surface area (Å²) in [6, 6.07) is 0. The standard InChI is InChI=1S/C8H17NO2/c1-8(2,4-5-11-3)6-9-7-10/h7H,4-6H2,1-3H3,(H,9,10). The Balaban J connectivity index is 3.51. The van der Waals surface area contributed by atoms with Gasteiger partial charge in [-0.3, -0.25) is 4.79 Å². The molecule has 1 N–H and O–H groups in total. The van der Waals surface area contributed by atoms with E-state index in [0.29, 0.717) is 6.54 Å². The Hall–Kier alpha value is -0.570. The summed E-state index contributed by atoms with van der Waals surface area (Å²) < 4.78 is 4.94. The Morgan fingerprint density at radius 2 is 2.18 bits per heavy atom. The fourth-order valence-electron chi connectivity index (χ4n) is 0.785. The third kappa shape index (κ3) is 5.85. The van der Waals surface area contributed by atoms with Crippen LogP contribution in [0.2, 0.25) is 0 Å². The van der Waals surface area contributed by atoms with E-state index in [0.717, 1.165) is 19.4 Å². The minimum atomic E-state index is 0.136. The molecule has 0 aliphatic rings. The van der Waals surface area contributed by atoms with E-state index in [1.165, 1.54) is 0 Å². The van der Waals surface area contributed by atoms with Gasteiger partial charge >= 0.3 is 0 Å². The molecule has 3 nitrogen and oxygen atoms in total. The molecule has 66 valence electrons. The van der Waals surface area contributed by atoms with Crippen LogP contribution in [0, 0.1) is 5.41 Å². The smallest absolute Gasteiger partial charge is 0.207 e. The minimum Gasteiger partial charge on any atom is -0.385 e. The molecule has 0 saturated heterocycles. The molecule has 0 aromatic carbocycles. The highest BCUT2D eigenvalue weighted by Crippen LogP contribution is 2.18. The molecule has 1 amide bonds. The first-order valence-corrected chi connectivity index (χ1v) is 3.78. The molecule has 0 aromatic rings. The summed E-state index contributed by atoms with van der Waals surface area (Å²) in [6.45, 7) is 5.65. The van der Waals surface area contributed by atoms with Crippen LogP contribution in [0.1, 0.15) is 20.3 Å². The molecule has 0 rings (SSSR count). The maximum absolute atomic E-state index is 9.98. The lowest BCUT2D eigenvalue weighted by Gasteiger charge is -2.23. The second-order valence-electron chi connectivity index (χ2n) is 3.41. The van der Waals surface area contributed by atoms with Crippen molar-refractivity contribution >= 4 is 6.41 Å². The van der Waals surface area contributed by atoms with Gasteiger partial charge in [0.15, 0.2) is 0 Å². The number of hydrogen-bond donors (Lipinski definition) is 1. The van der Waals surface area contributed by atoms with Crippen molar-refractivity contribution in [2.75, 3.05) is 20.3 Å². The van der Waals surface area contributed by atoms with Gasteiger partial charge in [-0.15, -0.1) is 0 Å². The van der Waals surface area contributed by atoms with E-state index < -0.39 is 0 Å². The van der Waals surface area contributed by atoms with Crippen molar-refractivity contribution in [3.05, 3.63) is 0 Å². The summed E-state index contributed by atoms with van der Waals surface area (Å²) in [6.07, 6.45) is 1.69. The summed E-state index contributed by atoms with van der Waals surface area (Å²) >= 11 is 0. The average Bonchev–Trinajstić information content (AvgIpc) is 1.97. The molecular weight excluding hydrogens is 142 g/mol. The van der Waals surface area contributed by atoms with E-state index in [4.69, 9.17) is 4.74 Å². The van der Waals surface area contributed by atoms with E-state index in [1.54, 1.807) is 7.11 Å². The molecule has 0 radical (unpaired) electrons. The topological polar surface area (TPSA) is 38.3 Å². The number of hydrogen-bond acceptors (Lipinski definition) is 2. The third-order valence-electron chi connectivity index (χ3n) is 1.65. The molecule has 0 aromatic heterocycles. The van der Waals surface area contributed by atoms with E-state index in [2.05, 4.69) is 19.2 Å². The molecule has 0 heterocycles. The summed E-state index contributed by atoms with van der Waals surface area (Å²) in [5.41, 5.74) is 0.136. The van der Waals surface area contributed by atoms with E-state index >= 15 is 0 Å². The Labute approximate surface area is 68.1 Å². The third-order valence-corrected chi connectivity index (χ3v) is 1.65. The van der Waals surface area contributed by atoms with Gasteiger partial charge in [0, 0.05) is 20.3 Å². The van der Waals surface area contributed by atoms with Crippen LogP contribution < -0.4 is 5.32 Å².